The molecule has 11 nitrogen and oxygen atoms in total. The fourth-order valence-electron chi connectivity index (χ4n) is 2.77. The van der Waals surface area contributed by atoms with Crippen molar-refractivity contribution in [2.45, 2.75) is 19.9 Å². The molecule has 172 valence electrons. The van der Waals surface area contributed by atoms with Crippen molar-refractivity contribution in [2.75, 3.05) is 19.5 Å². The molecule has 0 saturated heterocycles. The maximum absolute atomic E-state index is 11.1. The predicted molar refractivity (Wildman–Crippen MR) is 117 cm³/mol. The van der Waals surface area contributed by atoms with Gasteiger partial charge in [0.05, 0.1) is 12.8 Å². The van der Waals surface area contributed by atoms with E-state index in [4.69, 9.17) is 24.4 Å². The van der Waals surface area contributed by atoms with Crippen LogP contribution in [-0.4, -0.2) is 50.6 Å². The van der Waals surface area contributed by atoms with E-state index < -0.39 is 5.97 Å². The number of carboxylic acid groups (broad SMARTS) is 1. The highest BCUT2D eigenvalue weighted by Gasteiger charge is 2.20. The summed E-state index contributed by atoms with van der Waals surface area (Å²) >= 11 is 0. The summed E-state index contributed by atoms with van der Waals surface area (Å²) < 4.78 is 15.7. The number of ether oxygens (including phenoxy) is 1. The van der Waals surface area contributed by atoms with Gasteiger partial charge in [-0.05, 0) is 12.1 Å². The van der Waals surface area contributed by atoms with Gasteiger partial charge in [0.15, 0.2) is 34.7 Å². The number of nitrogens with two attached hydrogens (primary N) is 1. The van der Waals surface area contributed by atoms with Crippen LogP contribution in [0.1, 0.15) is 39.6 Å². The van der Waals surface area contributed by atoms with Gasteiger partial charge in [-0.15, -0.1) is 5.10 Å². The average molecular weight is 453 g/mol. The molecule has 4 rings (SSSR count). The highest BCUT2D eigenvalue weighted by Crippen LogP contribution is 2.25. The zero-order valence-corrected chi connectivity index (χ0v) is 18.1. The molecule has 11 heteroatoms. The lowest BCUT2D eigenvalue weighted by Crippen LogP contribution is -2.03. The van der Waals surface area contributed by atoms with Crippen LogP contribution in [0, 0.1) is 0 Å². The third-order valence-electron chi connectivity index (χ3n) is 4.29. The number of benzene rings is 1. The van der Waals surface area contributed by atoms with Gasteiger partial charge < -0.3 is 24.4 Å². The first-order valence-corrected chi connectivity index (χ1v) is 9.90. The minimum absolute atomic E-state index is 0.0627. The van der Waals surface area contributed by atoms with E-state index in [0.717, 1.165) is 0 Å². The summed E-state index contributed by atoms with van der Waals surface area (Å²) in [6.45, 7) is 2.26. The molecule has 0 aliphatic heterocycles. The van der Waals surface area contributed by atoms with E-state index in [9.17, 15) is 9.59 Å². The molecule has 3 N–H and O–H groups in total. The number of furan rings is 1. The van der Waals surface area contributed by atoms with Gasteiger partial charge in [0.25, 0.3) is 0 Å². The third-order valence-corrected chi connectivity index (χ3v) is 4.29. The smallest absolute Gasteiger partial charge is 0.358 e. The Labute approximate surface area is 188 Å². The SMILES string of the molecule is CC(=O)c1ccc(Cn2ncc(N)n2)o1.COCCc1nc(C(=O)O)c(-c2ccccc2)o1. The fraction of sp³-hybridized carbons (Fsp3) is 0.227. The molecular weight excluding hydrogens is 430 g/mol. The van der Waals surface area contributed by atoms with Gasteiger partial charge in [-0.1, -0.05) is 30.3 Å². The minimum atomic E-state index is -1.10. The number of ketones is 1. The summed E-state index contributed by atoms with van der Waals surface area (Å²) in [4.78, 5) is 27.5. The molecule has 3 aromatic heterocycles. The molecule has 0 fully saturated rings. The molecule has 4 aromatic rings. The number of aromatic nitrogens is 4. The summed E-state index contributed by atoms with van der Waals surface area (Å²) in [5, 5.41) is 16.9. The van der Waals surface area contributed by atoms with Gasteiger partial charge in [0.1, 0.15) is 12.3 Å². The lowest BCUT2D eigenvalue weighted by atomic mass is 10.1. The molecule has 33 heavy (non-hydrogen) atoms. The first kappa shape index (κ1) is 23.4. The Morgan fingerprint density at radius 3 is 2.48 bits per heavy atom. The molecule has 0 saturated carbocycles. The number of hydrogen-bond donors (Lipinski definition) is 2. The Bertz CT molecular complexity index is 1210. The minimum Gasteiger partial charge on any atom is -0.476 e. The number of carbonyl (C=O) groups excluding carboxylic acids is 1. The van der Waals surface area contributed by atoms with Crippen molar-refractivity contribution in [1.29, 1.82) is 0 Å². The number of rotatable bonds is 8. The van der Waals surface area contributed by atoms with Crippen molar-refractivity contribution in [3.05, 3.63) is 71.8 Å². The number of methoxy groups -OCH3 is 1. The molecule has 0 unspecified atom stereocenters. The molecule has 0 atom stereocenters. The van der Waals surface area contributed by atoms with Gasteiger partial charge in [0.2, 0.25) is 0 Å². The summed E-state index contributed by atoms with van der Waals surface area (Å²) in [7, 11) is 1.57. The molecule has 0 bridgehead atoms. The van der Waals surface area contributed by atoms with Crippen molar-refractivity contribution in [2.24, 2.45) is 0 Å². The topological polar surface area (TPSA) is 160 Å². The van der Waals surface area contributed by atoms with Crippen molar-refractivity contribution in [3.63, 3.8) is 0 Å². The molecular formula is C22H23N5O6. The Hall–Kier alpha value is -4.25. The molecule has 0 amide bonds. The maximum Gasteiger partial charge on any atom is 0.358 e. The van der Waals surface area contributed by atoms with Crippen LogP contribution < -0.4 is 5.73 Å². The quantitative estimate of drug-likeness (QED) is 0.380. The first-order chi connectivity index (χ1) is 15.9. The highest BCUT2D eigenvalue weighted by molar-refractivity contribution is 5.92. The first-order valence-electron chi connectivity index (χ1n) is 9.90. The fourth-order valence-corrected chi connectivity index (χ4v) is 2.77. The van der Waals surface area contributed by atoms with Crippen LogP contribution in [-0.2, 0) is 17.7 Å². The predicted octanol–water partition coefficient (Wildman–Crippen LogP) is 2.93. The zero-order chi connectivity index (χ0) is 23.8. The summed E-state index contributed by atoms with van der Waals surface area (Å²) in [6, 6.07) is 12.4. The number of anilines is 1. The van der Waals surface area contributed by atoms with Crippen LogP contribution >= 0.6 is 0 Å². The highest BCUT2D eigenvalue weighted by atomic mass is 16.5. The lowest BCUT2D eigenvalue weighted by molar-refractivity contribution is 0.0691. The van der Waals surface area contributed by atoms with E-state index in [2.05, 4.69) is 15.2 Å². The lowest BCUT2D eigenvalue weighted by Gasteiger charge is -1.96. The summed E-state index contributed by atoms with van der Waals surface area (Å²) in [5.74, 6) is 0.770. The van der Waals surface area contributed by atoms with Gasteiger partial charge in [0, 0.05) is 26.0 Å². The van der Waals surface area contributed by atoms with Gasteiger partial charge in [-0.2, -0.15) is 9.90 Å². The van der Waals surface area contributed by atoms with Crippen LogP contribution in [0.3, 0.4) is 0 Å². The maximum atomic E-state index is 11.1. The largest absolute Gasteiger partial charge is 0.476 e. The molecule has 0 aliphatic rings. The number of hydrogen-bond acceptors (Lipinski definition) is 9. The van der Waals surface area contributed by atoms with Crippen molar-refractivity contribution in [1.82, 2.24) is 20.0 Å². The average Bonchev–Trinajstić information content (AvgIpc) is 3.54. The third kappa shape index (κ3) is 6.37. The van der Waals surface area contributed by atoms with E-state index in [1.165, 1.54) is 17.9 Å². The van der Waals surface area contributed by atoms with E-state index in [1.807, 2.05) is 18.2 Å². The van der Waals surface area contributed by atoms with Crippen molar-refractivity contribution in [3.8, 4) is 11.3 Å². The number of nitrogen functional groups attached to an aromatic ring is 1. The monoisotopic (exact) mass is 453 g/mol. The van der Waals surface area contributed by atoms with Crippen LogP contribution in [0.15, 0.2) is 57.5 Å². The van der Waals surface area contributed by atoms with E-state index >= 15 is 0 Å². The molecule has 0 radical (unpaired) electrons. The van der Waals surface area contributed by atoms with Gasteiger partial charge >= 0.3 is 5.97 Å². The van der Waals surface area contributed by atoms with E-state index in [1.54, 1.807) is 31.4 Å². The second-order valence-electron chi connectivity index (χ2n) is 6.82. The second-order valence-corrected chi connectivity index (χ2v) is 6.82. The van der Waals surface area contributed by atoms with Crippen molar-refractivity contribution < 1.29 is 28.3 Å². The number of aromatic carboxylic acids is 1. The van der Waals surface area contributed by atoms with Crippen LogP contribution in [0.5, 0.6) is 0 Å². The van der Waals surface area contributed by atoms with E-state index in [-0.39, 0.29) is 17.2 Å². The summed E-state index contributed by atoms with van der Waals surface area (Å²) in [5.41, 5.74) is 6.04. The van der Waals surface area contributed by atoms with Crippen LogP contribution in [0.25, 0.3) is 11.3 Å². The Morgan fingerprint density at radius 2 is 1.91 bits per heavy atom. The number of carboxylic acids is 1. The number of nitrogens with zero attached hydrogens (tertiary/aromatic N) is 4. The van der Waals surface area contributed by atoms with Crippen LogP contribution in [0.2, 0.25) is 0 Å². The number of carbonyl (C=O) groups is 2. The van der Waals surface area contributed by atoms with Crippen molar-refractivity contribution >= 4 is 17.6 Å². The summed E-state index contributed by atoms with van der Waals surface area (Å²) in [6.07, 6.45) is 1.90. The molecule has 0 aliphatic carbocycles. The van der Waals surface area contributed by atoms with E-state index in [0.29, 0.717) is 48.4 Å². The Kier molecular flexibility index (Phi) is 7.71. The van der Waals surface area contributed by atoms with Gasteiger partial charge in [-0.3, -0.25) is 4.79 Å². The molecule has 0 spiro atoms. The number of Topliss-reactive ketones (excluding diaryl/α,β-unsaturated/α-hetero) is 1. The standard InChI is InChI=1S/C13H13NO4.C9H10N4O2/c1-17-8-7-10-14-11(13(15)16)12(18-10)9-5-3-2-4-6-9;1-6(14)8-3-2-7(15-8)5-13-11-4-9(10)12-13/h2-6H,7-8H2,1H3,(H,15,16);2-4H,5H2,1H3,(H2,10,12). The molecule has 3 heterocycles. The van der Waals surface area contributed by atoms with Gasteiger partial charge in [-0.25, -0.2) is 9.78 Å². The Morgan fingerprint density at radius 1 is 1.15 bits per heavy atom. The van der Waals surface area contributed by atoms with Crippen LogP contribution in [0.4, 0.5) is 5.82 Å². The number of oxazole rings is 1. The molecule has 1 aromatic carbocycles. The zero-order valence-electron chi connectivity index (χ0n) is 18.1. The Balaban J connectivity index is 0.000000189. The normalized spacial score (nSPS) is 10.5. The second kappa shape index (κ2) is 10.9.